The Balaban J connectivity index is 2.59. The van der Waals surface area contributed by atoms with Crippen LogP contribution in [0.4, 0.5) is 0 Å². The monoisotopic (exact) mass is 328 g/mol. The lowest BCUT2D eigenvalue weighted by molar-refractivity contribution is 0.280. The molecule has 1 N–H and O–H groups in total. The van der Waals surface area contributed by atoms with E-state index in [-0.39, 0.29) is 12.5 Å². The van der Waals surface area contributed by atoms with Crippen LogP contribution in [0.1, 0.15) is 31.0 Å². The summed E-state index contributed by atoms with van der Waals surface area (Å²) in [5, 5.41) is 14.4. The van der Waals surface area contributed by atoms with E-state index in [4.69, 9.17) is 11.6 Å². The minimum absolute atomic E-state index is 0.0969. The number of nitrogens with zero attached hydrogens (tertiary/aromatic N) is 2. The molecule has 0 saturated heterocycles. The van der Waals surface area contributed by atoms with Gasteiger partial charge in [-0.05, 0) is 24.1 Å². The van der Waals surface area contributed by atoms with Crippen molar-refractivity contribution in [1.29, 1.82) is 0 Å². The molecule has 96 valence electrons. The van der Waals surface area contributed by atoms with E-state index in [0.717, 1.165) is 15.9 Å². The number of hydrogen-bond acceptors (Lipinski definition) is 2. The number of halogens is 2. The second-order valence-electron chi connectivity index (χ2n) is 4.36. The van der Waals surface area contributed by atoms with Crippen molar-refractivity contribution < 1.29 is 5.11 Å². The Morgan fingerprint density at radius 2 is 2.17 bits per heavy atom. The van der Waals surface area contributed by atoms with Gasteiger partial charge in [0, 0.05) is 10.0 Å². The van der Waals surface area contributed by atoms with Gasteiger partial charge in [-0.2, -0.15) is 5.10 Å². The first kappa shape index (κ1) is 13.6. The fraction of sp³-hybridized carbons (Fsp3) is 0.308. The van der Waals surface area contributed by atoms with Crippen LogP contribution in [-0.4, -0.2) is 14.9 Å². The van der Waals surface area contributed by atoms with E-state index in [0.29, 0.717) is 10.7 Å². The van der Waals surface area contributed by atoms with E-state index in [2.05, 4.69) is 21.0 Å². The van der Waals surface area contributed by atoms with E-state index in [1.165, 1.54) is 0 Å². The molecule has 2 aromatic rings. The molecule has 0 amide bonds. The molecule has 5 heteroatoms. The van der Waals surface area contributed by atoms with Crippen molar-refractivity contribution in [1.82, 2.24) is 9.78 Å². The minimum Gasteiger partial charge on any atom is -0.391 e. The third-order valence-corrected chi connectivity index (χ3v) is 3.59. The van der Waals surface area contributed by atoms with Crippen LogP contribution in [0, 0.1) is 0 Å². The quantitative estimate of drug-likeness (QED) is 0.927. The van der Waals surface area contributed by atoms with Crippen molar-refractivity contribution in [3.63, 3.8) is 0 Å². The molecule has 0 aliphatic carbocycles. The summed E-state index contributed by atoms with van der Waals surface area (Å²) in [7, 11) is 0. The Labute approximate surface area is 120 Å². The molecule has 1 heterocycles. The van der Waals surface area contributed by atoms with E-state index in [9.17, 15) is 5.11 Å². The lowest BCUT2D eigenvalue weighted by Gasteiger charge is -2.03. The van der Waals surface area contributed by atoms with Crippen LogP contribution >= 0.6 is 27.5 Å². The van der Waals surface area contributed by atoms with Gasteiger partial charge in [0.2, 0.25) is 0 Å². The second kappa shape index (κ2) is 5.43. The van der Waals surface area contributed by atoms with Gasteiger partial charge in [0.15, 0.2) is 0 Å². The standard InChI is InChI=1S/C13H14BrClN2O/c1-8(2)12-11(7-18)13(15)17(16-12)10-5-3-4-9(14)6-10/h3-6,8,18H,7H2,1-2H3. The van der Waals surface area contributed by atoms with E-state index in [1.807, 2.05) is 38.1 Å². The average Bonchev–Trinajstić information content (AvgIpc) is 2.66. The number of benzene rings is 1. The van der Waals surface area contributed by atoms with E-state index < -0.39 is 0 Å². The Bertz CT molecular complexity index is 566. The van der Waals surface area contributed by atoms with Crippen LogP contribution in [0.3, 0.4) is 0 Å². The van der Waals surface area contributed by atoms with Crippen molar-refractivity contribution in [3.05, 3.63) is 45.1 Å². The van der Waals surface area contributed by atoms with Crippen molar-refractivity contribution in [2.45, 2.75) is 26.4 Å². The molecule has 0 bridgehead atoms. The summed E-state index contributed by atoms with van der Waals surface area (Å²) < 4.78 is 2.62. The fourth-order valence-electron chi connectivity index (χ4n) is 1.83. The molecule has 0 radical (unpaired) electrons. The third-order valence-electron chi connectivity index (χ3n) is 2.71. The van der Waals surface area contributed by atoms with Crippen LogP contribution in [-0.2, 0) is 6.61 Å². The van der Waals surface area contributed by atoms with Crippen LogP contribution < -0.4 is 0 Å². The van der Waals surface area contributed by atoms with Gasteiger partial charge in [-0.15, -0.1) is 0 Å². The van der Waals surface area contributed by atoms with Gasteiger partial charge in [0.1, 0.15) is 5.15 Å². The van der Waals surface area contributed by atoms with Gasteiger partial charge in [-0.25, -0.2) is 4.68 Å². The predicted octanol–water partition coefficient (Wildman–Crippen LogP) is 3.90. The topological polar surface area (TPSA) is 38.0 Å². The summed E-state index contributed by atoms with van der Waals surface area (Å²) >= 11 is 9.71. The predicted molar refractivity (Wildman–Crippen MR) is 76.3 cm³/mol. The summed E-state index contributed by atoms with van der Waals surface area (Å²) in [5.74, 6) is 0.220. The third kappa shape index (κ3) is 2.46. The zero-order chi connectivity index (χ0) is 13.3. The van der Waals surface area contributed by atoms with E-state index in [1.54, 1.807) is 4.68 Å². The first-order valence-corrected chi connectivity index (χ1v) is 6.85. The second-order valence-corrected chi connectivity index (χ2v) is 5.63. The number of aromatic nitrogens is 2. The molecule has 1 aromatic heterocycles. The fourth-order valence-corrected chi connectivity index (χ4v) is 2.51. The highest BCUT2D eigenvalue weighted by molar-refractivity contribution is 9.10. The molecular weight excluding hydrogens is 316 g/mol. The Morgan fingerprint density at radius 1 is 1.44 bits per heavy atom. The normalized spacial score (nSPS) is 11.2. The number of hydrogen-bond donors (Lipinski definition) is 1. The molecule has 3 nitrogen and oxygen atoms in total. The maximum absolute atomic E-state index is 9.42. The largest absolute Gasteiger partial charge is 0.391 e. The van der Waals surface area contributed by atoms with Crippen LogP contribution in [0.25, 0.3) is 5.69 Å². The number of aliphatic hydroxyl groups excluding tert-OH is 1. The minimum atomic E-state index is -0.0969. The highest BCUT2D eigenvalue weighted by Crippen LogP contribution is 2.29. The molecule has 18 heavy (non-hydrogen) atoms. The Morgan fingerprint density at radius 3 is 2.67 bits per heavy atom. The Kier molecular flexibility index (Phi) is 4.10. The molecular formula is C13H14BrClN2O. The first-order valence-electron chi connectivity index (χ1n) is 5.68. The lowest BCUT2D eigenvalue weighted by atomic mass is 10.1. The summed E-state index contributed by atoms with van der Waals surface area (Å²) in [6, 6.07) is 7.72. The summed E-state index contributed by atoms with van der Waals surface area (Å²) in [5.41, 5.74) is 2.41. The highest BCUT2D eigenvalue weighted by atomic mass is 79.9. The SMILES string of the molecule is CC(C)c1nn(-c2cccc(Br)c2)c(Cl)c1CO. The molecule has 0 atom stereocenters. The molecule has 2 rings (SSSR count). The van der Waals surface area contributed by atoms with Crippen molar-refractivity contribution >= 4 is 27.5 Å². The average molecular weight is 330 g/mol. The molecule has 0 spiro atoms. The van der Waals surface area contributed by atoms with Gasteiger partial charge in [0.05, 0.1) is 18.0 Å². The molecule has 0 unspecified atom stereocenters. The van der Waals surface area contributed by atoms with E-state index >= 15 is 0 Å². The van der Waals surface area contributed by atoms with Gasteiger partial charge in [-0.3, -0.25) is 0 Å². The molecule has 0 saturated carbocycles. The maximum atomic E-state index is 9.42. The summed E-state index contributed by atoms with van der Waals surface area (Å²) in [6.45, 7) is 3.96. The number of rotatable bonds is 3. The molecule has 0 fully saturated rings. The van der Waals surface area contributed by atoms with Crippen LogP contribution in [0.5, 0.6) is 0 Å². The zero-order valence-electron chi connectivity index (χ0n) is 10.2. The molecule has 0 aliphatic rings. The molecule has 1 aromatic carbocycles. The lowest BCUT2D eigenvalue weighted by Crippen LogP contribution is -1.98. The molecule has 0 aliphatic heterocycles. The van der Waals surface area contributed by atoms with Gasteiger partial charge in [0.25, 0.3) is 0 Å². The maximum Gasteiger partial charge on any atom is 0.138 e. The smallest absolute Gasteiger partial charge is 0.138 e. The Hall–Kier alpha value is -0.840. The first-order chi connectivity index (χ1) is 8.54. The zero-order valence-corrected chi connectivity index (χ0v) is 12.5. The van der Waals surface area contributed by atoms with Crippen molar-refractivity contribution in [3.8, 4) is 5.69 Å². The van der Waals surface area contributed by atoms with Gasteiger partial charge >= 0.3 is 0 Å². The van der Waals surface area contributed by atoms with Crippen molar-refractivity contribution in [2.24, 2.45) is 0 Å². The summed E-state index contributed by atoms with van der Waals surface area (Å²) in [6.07, 6.45) is 0. The summed E-state index contributed by atoms with van der Waals surface area (Å²) in [4.78, 5) is 0. The van der Waals surface area contributed by atoms with Crippen molar-refractivity contribution in [2.75, 3.05) is 0 Å². The number of aliphatic hydroxyl groups is 1. The van der Waals surface area contributed by atoms with Gasteiger partial charge in [-0.1, -0.05) is 47.4 Å². The van der Waals surface area contributed by atoms with Crippen LogP contribution in [0.15, 0.2) is 28.7 Å². The van der Waals surface area contributed by atoms with Gasteiger partial charge < -0.3 is 5.11 Å². The highest BCUT2D eigenvalue weighted by Gasteiger charge is 2.18. The van der Waals surface area contributed by atoms with Crippen LogP contribution in [0.2, 0.25) is 5.15 Å².